The van der Waals surface area contributed by atoms with Gasteiger partial charge in [0, 0.05) is 5.56 Å². The number of rotatable bonds is 4. The lowest BCUT2D eigenvalue weighted by molar-refractivity contribution is 0.0995. The Balaban J connectivity index is 2.19. The molecule has 0 aliphatic rings. The first-order valence-electron chi connectivity index (χ1n) is 9.24. The van der Waals surface area contributed by atoms with Gasteiger partial charge in [-0.05, 0) is 68.5 Å². The van der Waals surface area contributed by atoms with Crippen molar-refractivity contribution in [2.75, 3.05) is 0 Å². The zero-order chi connectivity index (χ0) is 21.3. The molecule has 0 aliphatic carbocycles. The molecule has 0 aliphatic heterocycles. The number of aromatic nitrogens is 2. The van der Waals surface area contributed by atoms with Gasteiger partial charge in [0.05, 0.1) is 12.2 Å². The van der Waals surface area contributed by atoms with E-state index in [0.29, 0.717) is 12.2 Å². The number of carbonyl (C=O) groups excluding carboxylic acids is 1. The van der Waals surface area contributed by atoms with Crippen LogP contribution >= 0.6 is 0 Å². The minimum absolute atomic E-state index is 0.145. The van der Waals surface area contributed by atoms with Crippen LogP contribution < -0.4 is 0 Å². The van der Waals surface area contributed by atoms with Crippen LogP contribution in [0.3, 0.4) is 0 Å². The van der Waals surface area contributed by atoms with Crippen LogP contribution in [0.2, 0.25) is 0 Å². The predicted octanol–water partition coefficient (Wildman–Crippen LogP) is 4.34. The van der Waals surface area contributed by atoms with Crippen LogP contribution in [0, 0.1) is 34.6 Å². The second-order valence-electron chi connectivity index (χ2n) is 7.33. The van der Waals surface area contributed by atoms with E-state index in [4.69, 9.17) is 0 Å². The van der Waals surface area contributed by atoms with Gasteiger partial charge in [0.1, 0.15) is 5.69 Å². The molecule has 0 N–H and O–H groups in total. The predicted molar refractivity (Wildman–Crippen MR) is 113 cm³/mol. The fourth-order valence-electron chi connectivity index (χ4n) is 3.77. The number of hydrogen-bond donors (Lipinski definition) is 0. The maximum atomic E-state index is 12.5. The highest BCUT2D eigenvalue weighted by Crippen LogP contribution is 2.28. The maximum Gasteiger partial charge on any atom is 0.319 e. The van der Waals surface area contributed by atoms with Crippen LogP contribution in [0.25, 0.3) is 11.3 Å². The highest BCUT2D eigenvalue weighted by Gasteiger charge is 2.19. The molecule has 3 rings (SSSR count). The topological polar surface area (TPSA) is 81.4 Å². The highest BCUT2D eigenvalue weighted by molar-refractivity contribution is 7.62. The maximum absolute atomic E-state index is 12.5. The summed E-state index contributed by atoms with van der Waals surface area (Å²) in [5.74, 6) is -0.828. The van der Waals surface area contributed by atoms with Crippen molar-refractivity contribution in [2.24, 2.45) is 4.36 Å². The van der Waals surface area contributed by atoms with Crippen molar-refractivity contribution in [3.63, 3.8) is 0 Å². The van der Waals surface area contributed by atoms with Gasteiger partial charge in [0.25, 0.3) is 0 Å². The Kier molecular flexibility index (Phi) is 5.79. The summed E-state index contributed by atoms with van der Waals surface area (Å²) >= 11 is 0. The molecule has 1 heterocycles. The SMILES string of the molecule is Cc1cc(C)c(Cn2nc(-c3c(C)cccc3C)cc2C(=O)N=S(=O)=O)c(C)c1. The largest absolute Gasteiger partial charge is 0.319 e. The van der Waals surface area contributed by atoms with E-state index < -0.39 is 16.4 Å². The van der Waals surface area contributed by atoms with Crippen LogP contribution in [0.4, 0.5) is 0 Å². The quantitative estimate of drug-likeness (QED) is 0.642. The third-order valence-corrected chi connectivity index (χ3v) is 5.36. The molecule has 0 radical (unpaired) electrons. The first-order valence-corrected chi connectivity index (χ1v) is 10.3. The molecule has 3 aromatic rings. The average molecular weight is 410 g/mol. The van der Waals surface area contributed by atoms with Gasteiger partial charge in [-0.15, -0.1) is 0 Å². The Bertz CT molecular complexity index is 1200. The Hall–Kier alpha value is -3.06. The highest BCUT2D eigenvalue weighted by atomic mass is 32.2. The van der Waals surface area contributed by atoms with Gasteiger partial charge in [-0.3, -0.25) is 9.48 Å². The Morgan fingerprint density at radius 2 is 1.55 bits per heavy atom. The van der Waals surface area contributed by atoms with E-state index in [1.807, 2.05) is 52.8 Å². The third kappa shape index (κ3) is 4.35. The fraction of sp³-hybridized carbons (Fsp3) is 0.273. The smallest absolute Gasteiger partial charge is 0.264 e. The summed E-state index contributed by atoms with van der Waals surface area (Å²) in [6, 6.07) is 11.7. The molecule has 7 heteroatoms. The molecule has 29 heavy (non-hydrogen) atoms. The summed E-state index contributed by atoms with van der Waals surface area (Å²) in [6.07, 6.45) is 0. The summed E-state index contributed by atoms with van der Waals surface area (Å²) in [6.45, 7) is 10.4. The van der Waals surface area contributed by atoms with Crippen molar-refractivity contribution in [1.29, 1.82) is 0 Å². The monoisotopic (exact) mass is 409 g/mol. The zero-order valence-electron chi connectivity index (χ0n) is 17.1. The Labute approximate surface area is 171 Å². The minimum atomic E-state index is -2.82. The first-order chi connectivity index (χ1) is 13.7. The van der Waals surface area contributed by atoms with Gasteiger partial charge < -0.3 is 0 Å². The Morgan fingerprint density at radius 1 is 0.966 bits per heavy atom. The molecule has 0 saturated carbocycles. The van der Waals surface area contributed by atoms with E-state index in [0.717, 1.165) is 38.9 Å². The number of amides is 1. The van der Waals surface area contributed by atoms with Crippen LogP contribution in [0.15, 0.2) is 40.8 Å². The van der Waals surface area contributed by atoms with Crippen molar-refractivity contribution in [1.82, 2.24) is 9.78 Å². The van der Waals surface area contributed by atoms with Gasteiger partial charge in [-0.2, -0.15) is 13.5 Å². The van der Waals surface area contributed by atoms with E-state index in [1.165, 1.54) is 0 Å². The van der Waals surface area contributed by atoms with Crippen LogP contribution in [-0.2, 0) is 17.0 Å². The molecule has 150 valence electrons. The summed E-state index contributed by atoms with van der Waals surface area (Å²) in [4.78, 5) is 12.5. The van der Waals surface area contributed by atoms with Crippen molar-refractivity contribution in [3.05, 3.63) is 75.5 Å². The number of aryl methyl sites for hydroxylation is 5. The lowest BCUT2D eigenvalue weighted by atomic mass is 10.00. The van der Waals surface area contributed by atoms with Gasteiger partial charge in [0.15, 0.2) is 0 Å². The van der Waals surface area contributed by atoms with Crippen molar-refractivity contribution in [2.45, 2.75) is 41.2 Å². The lowest BCUT2D eigenvalue weighted by Gasteiger charge is -2.13. The second kappa shape index (κ2) is 8.13. The van der Waals surface area contributed by atoms with Gasteiger partial charge in [-0.25, -0.2) is 0 Å². The molecule has 1 amide bonds. The van der Waals surface area contributed by atoms with Crippen LogP contribution in [0.5, 0.6) is 0 Å². The summed E-state index contributed by atoms with van der Waals surface area (Å²) in [7, 11) is -2.82. The van der Waals surface area contributed by atoms with E-state index in [1.54, 1.807) is 10.7 Å². The second-order valence-corrected chi connectivity index (χ2v) is 7.95. The van der Waals surface area contributed by atoms with Crippen molar-refractivity contribution < 1.29 is 13.2 Å². The molecular weight excluding hydrogens is 386 g/mol. The van der Waals surface area contributed by atoms with Crippen molar-refractivity contribution >= 4 is 16.4 Å². The normalized spacial score (nSPS) is 10.8. The summed E-state index contributed by atoms with van der Waals surface area (Å²) in [5, 5.41) is 4.67. The van der Waals surface area contributed by atoms with Crippen molar-refractivity contribution in [3.8, 4) is 11.3 Å². The Morgan fingerprint density at radius 3 is 2.10 bits per heavy atom. The number of carbonyl (C=O) groups is 1. The van der Waals surface area contributed by atoms with E-state index >= 15 is 0 Å². The molecule has 2 aromatic carbocycles. The van der Waals surface area contributed by atoms with Crippen LogP contribution in [-0.4, -0.2) is 24.1 Å². The summed E-state index contributed by atoms with van der Waals surface area (Å²) < 4.78 is 26.7. The molecule has 0 unspecified atom stereocenters. The molecule has 0 spiro atoms. The molecule has 0 saturated heterocycles. The average Bonchev–Trinajstić information content (AvgIpc) is 3.01. The molecular formula is C22H23N3O3S. The molecule has 0 fully saturated rings. The van der Waals surface area contributed by atoms with E-state index in [2.05, 4.69) is 21.6 Å². The summed E-state index contributed by atoms with van der Waals surface area (Å²) in [5.41, 5.74) is 8.15. The zero-order valence-corrected chi connectivity index (χ0v) is 18.0. The van der Waals surface area contributed by atoms with E-state index in [9.17, 15) is 13.2 Å². The molecule has 0 atom stereocenters. The van der Waals surface area contributed by atoms with Crippen LogP contribution in [0.1, 0.15) is 43.9 Å². The number of benzene rings is 2. The lowest BCUT2D eigenvalue weighted by Crippen LogP contribution is -2.12. The standard InChI is InChI=1S/C22H23N3O3S/c1-13-9-16(4)18(17(5)10-13)12-25-20(22(26)24-29(27)28)11-19(23-25)21-14(2)7-6-8-15(21)3/h6-11H,12H2,1-5H3. The number of hydrogen-bond acceptors (Lipinski definition) is 4. The van der Waals surface area contributed by atoms with Gasteiger partial charge in [-0.1, -0.05) is 40.3 Å². The van der Waals surface area contributed by atoms with Gasteiger partial charge in [0.2, 0.25) is 0 Å². The third-order valence-electron chi connectivity index (χ3n) is 5.04. The molecule has 0 bridgehead atoms. The molecule has 6 nitrogen and oxygen atoms in total. The first kappa shape index (κ1) is 20.7. The number of nitrogens with zero attached hydrogens (tertiary/aromatic N) is 3. The fourth-order valence-corrected chi connectivity index (χ4v) is 4.00. The minimum Gasteiger partial charge on any atom is -0.264 e. The van der Waals surface area contributed by atoms with E-state index in [-0.39, 0.29) is 5.69 Å². The molecule has 1 aromatic heterocycles. The van der Waals surface area contributed by atoms with Gasteiger partial charge >= 0.3 is 16.4 Å².